The molecule has 11 heteroatoms. The number of benzene rings is 1. The number of anilines is 3. The number of nitrogens with one attached hydrogen (secondary N) is 3. The van der Waals surface area contributed by atoms with Crippen LogP contribution in [0.2, 0.25) is 5.02 Å². The van der Waals surface area contributed by atoms with Gasteiger partial charge in [-0.25, -0.2) is 18.6 Å². The maximum absolute atomic E-state index is 13.5. The van der Waals surface area contributed by atoms with Crippen LogP contribution in [0.1, 0.15) is 6.42 Å². The van der Waals surface area contributed by atoms with Gasteiger partial charge in [0.15, 0.2) is 11.6 Å². The molecule has 1 aromatic carbocycles. The number of halogens is 3. The minimum absolute atomic E-state index is 0.0843. The molecule has 0 aliphatic carbocycles. The van der Waals surface area contributed by atoms with Gasteiger partial charge in [0.25, 0.3) is 0 Å². The first kappa shape index (κ1) is 22.3. The summed E-state index contributed by atoms with van der Waals surface area (Å²) >= 11 is 6.40. The Morgan fingerprint density at radius 2 is 2.09 bits per heavy atom. The number of nitrogens with zero attached hydrogens (tertiary/aromatic N) is 2. The molecule has 2 aromatic heterocycles. The third kappa shape index (κ3) is 4.93. The van der Waals surface area contributed by atoms with Gasteiger partial charge < -0.3 is 30.0 Å². The zero-order valence-electron chi connectivity index (χ0n) is 17.3. The van der Waals surface area contributed by atoms with Crippen LogP contribution in [-0.2, 0) is 9.47 Å². The normalized spacial score (nSPS) is 16.0. The molecule has 1 aliphatic rings. The fourth-order valence-corrected chi connectivity index (χ4v) is 3.88. The van der Waals surface area contributed by atoms with Crippen LogP contribution >= 0.6 is 11.6 Å². The predicted molar refractivity (Wildman–Crippen MR) is 119 cm³/mol. The van der Waals surface area contributed by atoms with E-state index in [2.05, 4.69) is 20.6 Å². The quantitative estimate of drug-likeness (QED) is 0.450. The zero-order valence-corrected chi connectivity index (χ0v) is 18.0. The van der Waals surface area contributed by atoms with E-state index in [0.29, 0.717) is 52.9 Å². The van der Waals surface area contributed by atoms with Crippen LogP contribution in [0, 0.1) is 11.6 Å². The van der Waals surface area contributed by atoms with Crippen molar-refractivity contribution in [2.24, 2.45) is 0 Å². The van der Waals surface area contributed by atoms with Crippen molar-refractivity contribution in [1.82, 2.24) is 9.97 Å². The molecule has 1 aliphatic heterocycles. The van der Waals surface area contributed by atoms with Crippen LogP contribution < -0.4 is 15.5 Å². The van der Waals surface area contributed by atoms with Crippen molar-refractivity contribution in [3.8, 4) is 0 Å². The van der Waals surface area contributed by atoms with Crippen LogP contribution in [0.5, 0.6) is 0 Å². The van der Waals surface area contributed by atoms with E-state index in [4.69, 9.17) is 21.1 Å². The summed E-state index contributed by atoms with van der Waals surface area (Å²) in [6.07, 6.45) is 3.90. The summed E-state index contributed by atoms with van der Waals surface area (Å²) in [7, 11) is 1.63. The van der Waals surface area contributed by atoms with E-state index in [1.807, 2.05) is 4.90 Å². The highest BCUT2D eigenvalue weighted by Crippen LogP contribution is 2.30. The van der Waals surface area contributed by atoms with E-state index < -0.39 is 17.7 Å². The number of ether oxygens (including phenoxy) is 2. The highest BCUT2D eigenvalue weighted by Gasteiger charge is 2.25. The van der Waals surface area contributed by atoms with Gasteiger partial charge >= 0.3 is 6.03 Å². The fraction of sp³-hybridized carbons (Fsp3) is 0.333. The molecule has 0 radical (unpaired) electrons. The minimum atomic E-state index is -1.000. The molecule has 0 saturated carbocycles. The summed E-state index contributed by atoms with van der Waals surface area (Å²) < 4.78 is 37.6. The predicted octanol–water partition coefficient (Wildman–Crippen LogP) is 4.38. The maximum atomic E-state index is 13.5. The molecule has 3 heterocycles. The number of H-pyrrole nitrogens is 1. The first-order valence-electron chi connectivity index (χ1n) is 9.99. The van der Waals surface area contributed by atoms with Crippen molar-refractivity contribution in [2.75, 3.05) is 48.9 Å². The van der Waals surface area contributed by atoms with E-state index in [0.717, 1.165) is 25.1 Å². The Morgan fingerprint density at radius 3 is 2.88 bits per heavy atom. The van der Waals surface area contributed by atoms with E-state index >= 15 is 0 Å². The molecule has 8 nitrogen and oxygen atoms in total. The fourth-order valence-electron chi connectivity index (χ4n) is 3.59. The van der Waals surface area contributed by atoms with Gasteiger partial charge in [-0.2, -0.15) is 0 Å². The first-order valence-corrected chi connectivity index (χ1v) is 10.4. The standard InChI is InChI=1S/C21H22ClF2N5O3/c1-31-4-5-32-13-2-3-29(11-13)20-15(22)6-12(9-26-20)27-21(30)28-19-10-25-18-8-17(24)16(23)7-14(18)19/h6-10,13,25H,2-5,11H2,1H3,(H2,27,28,30). The minimum Gasteiger partial charge on any atom is -0.382 e. The van der Waals surface area contributed by atoms with E-state index in [9.17, 15) is 13.6 Å². The molecule has 3 N–H and O–H groups in total. The second-order valence-corrected chi connectivity index (χ2v) is 7.75. The molecular formula is C21H22ClF2N5O3. The summed E-state index contributed by atoms with van der Waals surface area (Å²) in [4.78, 5) is 21.6. The smallest absolute Gasteiger partial charge is 0.323 e. The van der Waals surface area contributed by atoms with E-state index in [1.54, 1.807) is 13.2 Å². The number of pyridine rings is 1. The van der Waals surface area contributed by atoms with Crippen molar-refractivity contribution in [2.45, 2.75) is 12.5 Å². The van der Waals surface area contributed by atoms with Crippen LogP contribution in [0.25, 0.3) is 10.9 Å². The van der Waals surface area contributed by atoms with E-state index in [-0.39, 0.29) is 6.10 Å². The maximum Gasteiger partial charge on any atom is 0.323 e. The number of hydrogen-bond donors (Lipinski definition) is 3. The average molecular weight is 466 g/mol. The summed E-state index contributed by atoms with van der Waals surface area (Å²) in [6, 6.07) is 3.08. The number of aromatic amines is 1. The number of rotatable bonds is 7. The first-order chi connectivity index (χ1) is 15.4. The number of hydrogen-bond acceptors (Lipinski definition) is 5. The molecule has 1 unspecified atom stereocenters. The topological polar surface area (TPSA) is 91.5 Å². The Bertz CT molecular complexity index is 1130. The Hall–Kier alpha value is -2.95. The number of amides is 2. The van der Waals surface area contributed by atoms with Gasteiger partial charge in [0.05, 0.1) is 47.4 Å². The molecule has 1 atom stereocenters. The van der Waals surface area contributed by atoms with Gasteiger partial charge in [-0.1, -0.05) is 11.6 Å². The van der Waals surface area contributed by atoms with Crippen molar-refractivity contribution >= 4 is 45.7 Å². The van der Waals surface area contributed by atoms with Gasteiger partial charge in [-0.15, -0.1) is 0 Å². The van der Waals surface area contributed by atoms with Gasteiger partial charge in [0.1, 0.15) is 5.82 Å². The lowest BCUT2D eigenvalue weighted by molar-refractivity contribution is 0.0280. The van der Waals surface area contributed by atoms with Crippen LogP contribution in [-0.4, -0.2) is 55.5 Å². The van der Waals surface area contributed by atoms with Crippen molar-refractivity contribution < 1.29 is 23.0 Å². The molecule has 4 rings (SSSR count). The van der Waals surface area contributed by atoms with Crippen molar-refractivity contribution in [3.05, 3.63) is 47.2 Å². The van der Waals surface area contributed by atoms with E-state index in [1.165, 1.54) is 12.4 Å². The number of aromatic nitrogens is 2. The number of methoxy groups -OCH3 is 1. The lowest BCUT2D eigenvalue weighted by Gasteiger charge is -2.19. The zero-order chi connectivity index (χ0) is 22.7. The molecule has 0 bridgehead atoms. The van der Waals surface area contributed by atoms with Crippen molar-refractivity contribution in [1.29, 1.82) is 0 Å². The molecule has 2 amide bonds. The second-order valence-electron chi connectivity index (χ2n) is 7.34. The van der Waals surface area contributed by atoms with Gasteiger partial charge in [0, 0.05) is 37.8 Å². The Kier molecular flexibility index (Phi) is 6.73. The number of fused-ring (bicyclic) bond motifs is 1. The summed E-state index contributed by atoms with van der Waals surface area (Å²) in [6.45, 7) is 2.51. The van der Waals surface area contributed by atoms with Crippen molar-refractivity contribution in [3.63, 3.8) is 0 Å². The van der Waals surface area contributed by atoms with Gasteiger partial charge in [-0.3, -0.25) is 0 Å². The molecule has 3 aromatic rings. The SMILES string of the molecule is COCCOC1CCN(c2ncc(NC(=O)Nc3c[nH]c4cc(F)c(F)cc34)cc2Cl)C1. The largest absolute Gasteiger partial charge is 0.382 e. The Morgan fingerprint density at radius 1 is 1.28 bits per heavy atom. The lowest BCUT2D eigenvalue weighted by atomic mass is 10.2. The molecule has 1 saturated heterocycles. The molecule has 170 valence electrons. The Labute approximate surface area is 187 Å². The third-order valence-electron chi connectivity index (χ3n) is 5.14. The van der Waals surface area contributed by atoms with Crippen LogP contribution in [0.4, 0.5) is 30.8 Å². The van der Waals surface area contributed by atoms with Crippen LogP contribution in [0.3, 0.4) is 0 Å². The highest BCUT2D eigenvalue weighted by atomic mass is 35.5. The third-order valence-corrected chi connectivity index (χ3v) is 5.41. The second kappa shape index (κ2) is 9.68. The summed E-state index contributed by atoms with van der Waals surface area (Å²) in [5, 5.41) is 5.98. The highest BCUT2D eigenvalue weighted by molar-refractivity contribution is 6.33. The number of carbonyl (C=O) groups excluding carboxylic acids is 1. The molecular weight excluding hydrogens is 444 g/mol. The summed E-state index contributed by atoms with van der Waals surface area (Å²) in [5.74, 6) is -1.35. The Balaban J connectivity index is 1.38. The van der Waals surface area contributed by atoms with Crippen LogP contribution in [0.15, 0.2) is 30.6 Å². The average Bonchev–Trinajstić information content (AvgIpc) is 3.36. The molecule has 32 heavy (non-hydrogen) atoms. The lowest BCUT2D eigenvalue weighted by Crippen LogP contribution is -2.25. The van der Waals surface area contributed by atoms with Gasteiger partial charge in [-0.05, 0) is 18.6 Å². The van der Waals surface area contributed by atoms with Gasteiger partial charge in [0.2, 0.25) is 0 Å². The molecule has 0 spiro atoms. The number of carbonyl (C=O) groups is 1. The summed E-state index contributed by atoms with van der Waals surface area (Å²) in [5.41, 5.74) is 1.06. The monoisotopic (exact) mass is 465 g/mol. The number of urea groups is 1. The molecule has 1 fully saturated rings.